The molecule has 0 fully saturated rings. The molecule has 0 atom stereocenters. The molecule has 0 aliphatic rings. The standard InChI is InChI=1S/C17H20ClNO3S/c1-5-19(17-12(2)7-6-8-13(17)3)23(20,21)14-9-10-16(22-4)15(18)11-14/h6-11H,5H2,1-4H3. The molecular formula is C17H20ClNO3S. The highest BCUT2D eigenvalue weighted by molar-refractivity contribution is 7.92. The fourth-order valence-electron chi connectivity index (χ4n) is 2.58. The summed E-state index contributed by atoms with van der Waals surface area (Å²) in [6, 6.07) is 10.2. The maximum absolute atomic E-state index is 13.0. The van der Waals surface area contributed by atoms with Crippen molar-refractivity contribution in [3.63, 3.8) is 0 Å². The number of aryl methyl sites for hydroxylation is 2. The fraction of sp³-hybridized carbons (Fsp3) is 0.294. The molecule has 0 heterocycles. The molecule has 0 radical (unpaired) electrons. The number of sulfonamides is 1. The Morgan fingerprint density at radius 1 is 1.13 bits per heavy atom. The number of hydrogen-bond donors (Lipinski definition) is 0. The molecular weight excluding hydrogens is 334 g/mol. The molecule has 6 heteroatoms. The van der Waals surface area contributed by atoms with E-state index in [0.29, 0.717) is 18.0 Å². The summed E-state index contributed by atoms with van der Waals surface area (Å²) >= 11 is 6.08. The third-order valence-electron chi connectivity index (χ3n) is 3.69. The number of ether oxygens (including phenoxy) is 1. The zero-order chi connectivity index (χ0) is 17.2. The molecule has 0 spiro atoms. The Hall–Kier alpha value is -1.72. The number of methoxy groups -OCH3 is 1. The van der Waals surface area contributed by atoms with Gasteiger partial charge in [-0.25, -0.2) is 8.42 Å². The second-order valence-electron chi connectivity index (χ2n) is 5.21. The number of benzene rings is 2. The number of anilines is 1. The molecule has 2 aromatic rings. The first-order valence-corrected chi connectivity index (χ1v) is 9.07. The van der Waals surface area contributed by atoms with E-state index in [1.54, 1.807) is 6.07 Å². The molecule has 23 heavy (non-hydrogen) atoms. The van der Waals surface area contributed by atoms with Crippen molar-refractivity contribution in [2.45, 2.75) is 25.7 Å². The van der Waals surface area contributed by atoms with Crippen molar-refractivity contribution in [1.29, 1.82) is 0 Å². The minimum atomic E-state index is -3.70. The van der Waals surface area contributed by atoms with Crippen LogP contribution in [0.3, 0.4) is 0 Å². The van der Waals surface area contributed by atoms with E-state index in [0.717, 1.165) is 11.1 Å². The Morgan fingerprint density at radius 3 is 2.22 bits per heavy atom. The van der Waals surface area contributed by atoms with Crippen LogP contribution in [0.25, 0.3) is 0 Å². The molecule has 0 aliphatic heterocycles. The summed E-state index contributed by atoms with van der Waals surface area (Å²) in [7, 11) is -2.21. The Balaban J connectivity index is 2.58. The molecule has 2 rings (SSSR count). The lowest BCUT2D eigenvalue weighted by molar-refractivity contribution is 0.414. The van der Waals surface area contributed by atoms with Crippen LogP contribution in [-0.4, -0.2) is 22.1 Å². The Labute approximate surface area is 142 Å². The van der Waals surface area contributed by atoms with E-state index in [1.807, 2.05) is 39.0 Å². The van der Waals surface area contributed by atoms with Crippen LogP contribution in [0.1, 0.15) is 18.1 Å². The first kappa shape index (κ1) is 17.6. The van der Waals surface area contributed by atoms with Gasteiger partial charge in [-0.1, -0.05) is 29.8 Å². The van der Waals surface area contributed by atoms with Gasteiger partial charge in [-0.15, -0.1) is 0 Å². The number of para-hydroxylation sites is 1. The lowest BCUT2D eigenvalue weighted by Crippen LogP contribution is -2.32. The van der Waals surface area contributed by atoms with Crippen molar-refractivity contribution in [2.75, 3.05) is 18.0 Å². The predicted octanol–water partition coefficient (Wildman–Crippen LogP) is 4.18. The third-order valence-corrected chi connectivity index (χ3v) is 5.85. The summed E-state index contributed by atoms with van der Waals surface area (Å²) in [5, 5.41) is 0.270. The molecule has 124 valence electrons. The van der Waals surface area contributed by atoms with Gasteiger partial charge in [0.15, 0.2) is 0 Å². The van der Waals surface area contributed by atoms with E-state index in [4.69, 9.17) is 16.3 Å². The van der Waals surface area contributed by atoms with Crippen LogP contribution in [0.5, 0.6) is 5.75 Å². The zero-order valence-electron chi connectivity index (χ0n) is 13.6. The molecule has 0 bridgehead atoms. The van der Waals surface area contributed by atoms with Gasteiger partial charge in [0, 0.05) is 6.54 Å². The van der Waals surface area contributed by atoms with Crippen LogP contribution in [0, 0.1) is 13.8 Å². The van der Waals surface area contributed by atoms with Gasteiger partial charge in [-0.3, -0.25) is 4.31 Å². The summed E-state index contributed by atoms with van der Waals surface area (Å²) in [5.74, 6) is 0.445. The van der Waals surface area contributed by atoms with E-state index in [1.165, 1.54) is 23.5 Å². The SMILES string of the molecule is CCN(c1c(C)cccc1C)S(=O)(=O)c1ccc(OC)c(Cl)c1. The van der Waals surface area contributed by atoms with E-state index in [2.05, 4.69) is 0 Å². The highest BCUT2D eigenvalue weighted by Crippen LogP contribution is 2.32. The fourth-order valence-corrected chi connectivity index (χ4v) is 4.53. The van der Waals surface area contributed by atoms with Gasteiger partial charge in [0.2, 0.25) is 0 Å². The minimum absolute atomic E-state index is 0.146. The van der Waals surface area contributed by atoms with Gasteiger partial charge in [0.25, 0.3) is 10.0 Å². The smallest absolute Gasteiger partial charge is 0.264 e. The summed E-state index contributed by atoms with van der Waals surface area (Å²) in [4.78, 5) is 0.146. The molecule has 0 saturated heterocycles. The second-order valence-corrected chi connectivity index (χ2v) is 7.48. The van der Waals surface area contributed by atoms with Crippen LogP contribution < -0.4 is 9.04 Å². The lowest BCUT2D eigenvalue weighted by Gasteiger charge is -2.26. The third kappa shape index (κ3) is 3.31. The summed E-state index contributed by atoms with van der Waals surface area (Å²) in [6.45, 7) is 5.95. The highest BCUT2D eigenvalue weighted by Gasteiger charge is 2.26. The van der Waals surface area contributed by atoms with E-state index in [9.17, 15) is 8.42 Å². The average Bonchev–Trinajstić information content (AvgIpc) is 2.50. The van der Waals surface area contributed by atoms with Crippen molar-refractivity contribution >= 4 is 27.3 Å². The zero-order valence-corrected chi connectivity index (χ0v) is 15.2. The van der Waals surface area contributed by atoms with Crippen LogP contribution in [-0.2, 0) is 10.0 Å². The molecule has 0 amide bonds. The Morgan fingerprint density at radius 2 is 1.74 bits per heavy atom. The molecule has 0 aliphatic carbocycles. The van der Waals surface area contributed by atoms with Crippen LogP contribution >= 0.6 is 11.6 Å². The molecule has 0 saturated carbocycles. The van der Waals surface area contributed by atoms with E-state index >= 15 is 0 Å². The summed E-state index contributed by atoms with van der Waals surface area (Å²) in [6.07, 6.45) is 0. The summed E-state index contributed by atoms with van der Waals surface area (Å²) < 4.78 is 32.6. The molecule has 0 N–H and O–H groups in total. The minimum Gasteiger partial charge on any atom is -0.495 e. The first-order valence-electron chi connectivity index (χ1n) is 7.25. The lowest BCUT2D eigenvalue weighted by atomic mass is 10.1. The van der Waals surface area contributed by atoms with Crippen molar-refractivity contribution in [1.82, 2.24) is 0 Å². The van der Waals surface area contributed by atoms with Gasteiger partial charge in [0.05, 0.1) is 22.7 Å². The second kappa shape index (κ2) is 6.81. The quantitative estimate of drug-likeness (QED) is 0.810. The van der Waals surface area contributed by atoms with Crippen LogP contribution in [0.2, 0.25) is 5.02 Å². The maximum Gasteiger partial charge on any atom is 0.264 e. The first-order chi connectivity index (χ1) is 10.8. The number of rotatable bonds is 5. The van der Waals surface area contributed by atoms with Crippen LogP contribution in [0.15, 0.2) is 41.3 Å². The van der Waals surface area contributed by atoms with Crippen molar-refractivity contribution in [3.05, 3.63) is 52.5 Å². The topological polar surface area (TPSA) is 46.6 Å². The number of hydrogen-bond acceptors (Lipinski definition) is 3. The van der Waals surface area contributed by atoms with Crippen LogP contribution in [0.4, 0.5) is 5.69 Å². The average molecular weight is 354 g/mol. The predicted molar refractivity (Wildman–Crippen MR) is 94.1 cm³/mol. The van der Waals surface area contributed by atoms with Crippen molar-refractivity contribution < 1.29 is 13.2 Å². The Bertz CT molecular complexity index is 798. The van der Waals surface area contributed by atoms with Gasteiger partial charge < -0.3 is 4.74 Å². The normalized spacial score (nSPS) is 11.3. The Kier molecular flexibility index (Phi) is 5.22. The maximum atomic E-state index is 13.0. The number of halogens is 1. The van der Waals surface area contributed by atoms with Gasteiger partial charge in [-0.2, -0.15) is 0 Å². The van der Waals surface area contributed by atoms with E-state index in [-0.39, 0.29) is 9.92 Å². The number of nitrogens with zero attached hydrogens (tertiary/aromatic N) is 1. The largest absolute Gasteiger partial charge is 0.495 e. The summed E-state index contributed by atoms with van der Waals surface area (Å²) in [5.41, 5.74) is 2.53. The van der Waals surface area contributed by atoms with Gasteiger partial charge >= 0.3 is 0 Å². The van der Waals surface area contributed by atoms with Gasteiger partial charge in [-0.05, 0) is 50.1 Å². The van der Waals surface area contributed by atoms with Gasteiger partial charge in [0.1, 0.15) is 5.75 Å². The molecule has 0 aromatic heterocycles. The highest BCUT2D eigenvalue weighted by atomic mass is 35.5. The molecule has 2 aromatic carbocycles. The van der Waals surface area contributed by atoms with E-state index < -0.39 is 10.0 Å². The van der Waals surface area contributed by atoms with Crippen molar-refractivity contribution in [3.8, 4) is 5.75 Å². The van der Waals surface area contributed by atoms with Crippen molar-refractivity contribution in [2.24, 2.45) is 0 Å². The monoisotopic (exact) mass is 353 g/mol. The molecule has 4 nitrogen and oxygen atoms in total. The molecule has 0 unspecified atom stereocenters.